The molecule has 5 heteroatoms. The highest BCUT2D eigenvalue weighted by molar-refractivity contribution is 5.94. The van der Waals surface area contributed by atoms with Gasteiger partial charge in [-0.05, 0) is 12.1 Å². The van der Waals surface area contributed by atoms with Crippen molar-refractivity contribution in [1.29, 1.82) is 0 Å². The second kappa shape index (κ2) is 5.72. The summed E-state index contributed by atoms with van der Waals surface area (Å²) in [6, 6.07) is 3.51. The Bertz CT molecular complexity index is 486. The molecule has 5 nitrogen and oxygen atoms in total. The third-order valence-electron chi connectivity index (χ3n) is 2.97. The first-order valence-electron chi connectivity index (χ1n) is 6.12. The molecule has 19 heavy (non-hydrogen) atoms. The molecule has 1 fully saturated rings. The Morgan fingerprint density at radius 3 is 2.89 bits per heavy atom. The van der Waals surface area contributed by atoms with Gasteiger partial charge in [0.1, 0.15) is 5.82 Å². The van der Waals surface area contributed by atoms with E-state index >= 15 is 0 Å². The van der Waals surface area contributed by atoms with Gasteiger partial charge in [-0.1, -0.05) is 12.8 Å². The Labute approximate surface area is 112 Å². The predicted octanol–water partition coefficient (Wildman–Crippen LogP) is 0.893. The summed E-state index contributed by atoms with van der Waals surface area (Å²) in [6.07, 6.45) is 6.61. The van der Waals surface area contributed by atoms with E-state index in [4.69, 9.17) is 11.2 Å². The standard InChI is InChI=1S/C14H17N3O2/c1-3-6-15-13(18)11-4-5-12(16-7-11)17-8-14(2)9-19-10-14/h1,4-5,7H,6,8-10H2,2H3,(H,15,18)(H,16,17). The summed E-state index contributed by atoms with van der Waals surface area (Å²) in [5, 5.41) is 5.83. The van der Waals surface area contributed by atoms with Crippen LogP contribution in [0.1, 0.15) is 17.3 Å². The van der Waals surface area contributed by atoms with Gasteiger partial charge < -0.3 is 15.4 Å². The molecule has 2 rings (SSSR count). The minimum absolute atomic E-state index is 0.185. The summed E-state index contributed by atoms with van der Waals surface area (Å²) in [6.45, 7) is 4.73. The van der Waals surface area contributed by atoms with Crippen LogP contribution < -0.4 is 10.6 Å². The van der Waals surface area contributed by atoms with Crippen molar-refractivity contribution >= 4 is 11.7 Å². The molecule has 0 atom stereocenters. The van der Waals surface area contributed by atoms with Crippen LogP contribution in [0.2, 0.25) is 0 Å². The summed E-state index contributed by atoms with van der Waals surface area (Å²) < 4.78 is 5.18. The Balaban J connectivity index is 1.87. The highest BCUT2D eigenvalue weighted by atomic mass is 16.5. The monoisotopic (exact) mass is 259 g/mol. The second-order valence-corrected chi connectivity index (χ2v) is 4.98. The summed E-state index contributed by atoms with van der Waals surface area (Å²) in [7, 11) is 0. The molecule has 2 heterocycles. The van der Waals surface area contributed by atoms with E-state index in [0.29, 0.717) is 5.56 Å². The van der Waals surface area contributed by atoms with Crippen LogP contribution >= 0.6 is 0 Å². The van der Waals surface area contributed by atoms with Crippen molar-refractivity contribution in [2.24, 2.45) is 5.41 Å². The van der Waals surface area contributed by atoms with E-state index in [2.05, 4.69) is 28.5 Å². The molecule has 0 saturated carbocycles. The molecule has 0 bridgehead atoms. The third kappa shape index (κ3) is 3.46. The third-order valence-corrected chi connectivity index (χ3v) is 2.97. The molecule has 1 aromatic heterocycles. The van der Waals surface area contributed by atoms with Crippen molar-refractivity contribution in [2.45, 2.75) is 6.92 Å². The van der Waals surface area contributed by atoms with Gasteiger partial charge in [-0.25, -0.2) is 4.98 Å². The number of aromatic nitrogens is 1. The summed E-state index contributed by atoms with van der Waals surface area (Å²) in [5.74, 6) is 2.89. The normalized spacial score (nSPS) is 16.0. The molecular weight excluding hydrogens is 242 g/mol. The highest BCUT2D eigenvalue weighted by Gasteiger charge is 2.32. The zero-order chi connectivity index (χ0) is 13.7. The van der Waals surface area contributed by atoms with Crippen molar-refractivity contribution in [1.82, 2.24) is 10.3 Å². The van der Waals surface area contributed by atoms with Gasteiger partial charge in [0.15, 0.2) is 0 Å². The van der Waals surface area contributed by atoms with Crippen LogP contribution in [0.15, 0.2) is 18.3 Å². The number of anilines is 1. The van der Waals surface area contributed by atoms with E-state index < -0.39 is 0 Å². The lowest BCUT2D eigenvalue weighted by Gasteiger charge is -2.38. The molecule has 1 aromatic rings. The van der Waals surface area contributed by atoms with Crippen LogP contribution in [0.3, 0.4) is 0 Å². The van der Waals surface area contributed by atoms with E-state index in [1.165, 1.54) is 6.20 Å². The molecule has 100 valence electrons. The van der Waals surface area contributed by atoms with Crippen molar-refractivity contribution in [3.05, 3.63) is 23.9 Å². The van der Waals surface area contributed by atoms with E-state index in [1.54, 1.807) is 12.1 Å². The fourth-order valence-corrected chi connectivity index (χ4v) is 1.72. The fraction of sp³-hybridized carbons (Fsp3) is 0.429. The van der Waals surface area contributed by atoms with Crippen molar-refractivity contribution < 1.29 is 9.53 Å². The Kier molecular flexibility index (Phi) is 4.03. The number of terminal acetylenes is 1. The van der Waals surface area contributed by atoms with Gasteiger partial charge in [0.05, 0.1) is 25.3 Å². The minimum Gasteiger partial charge on any atom is -0.380 e. The van der Waals surface area contributed by atoms with Crippen molar-refractivity contribution in [2.75, 3.05) is 31.6 Å². The molecule has 1 saturated heterocycles. The molecule has 1 amide bonds. The molecule has 0 aromatic carbocycles. The number of ether oxygens (including phenoxy) is 1. The zero-order valence-corrected chi connectivity index (χ0v) is 10.9. The van der Waals surface area contributed by atoms with Gasteiger partial charge in [-0.15, -0.1) is 6.42 Å². The number of amides is 1. The largest absolute Gasteiger partial charge is 0.380 e. The SMILES string of the molecule is C#CCNC(=O)c1ccc(NCC2(C)COC2)nc1. The highest BCUT2D eigenvalue weighted by Crippen LogP contribution is 2.26. The van der Waals surface area contributed by atoms with E-state index in [9.17, 15) is 4.79 Å². The Morgan fingerprint density at radius 2 is 2.37 bits per heavy atom. The molecular formula is C14H17N3O2. The van der Waals surface area contributed by atoms with Gasteiger partial charge in [-0.3, -0.25) is 4.79 Å². The smallest absolute Gasteiger partial charge is 0.253 e. The lowest BCUT2D eigenvalue weighted by Crippen LogP contribution is -2.45. The number of carbonyl (C=O) groups excluding carboxylic acids is 1. The first kappa shape index (κ1) is 13.4. The van der Waals surface area contributed by atoms with Crippen molar-refractivity contribution in [3.8, 4) is 12.3 Å². The summed E-state index contributed by atoms with van der Waals surface area (Å²) in [4.78, 5) is 15.8. The van der Waals surface area contributed by atoms with E-state index in [0.717, 1.165) is 25.6 Å². The molecule has 0 aliphatic carbocycles. The number of pyridine rings is 1. The van der Waals surface area contributed by atoms with Gasteiger partial charge in [0.2, 0.25) is 0 Å². The number of nitrogens with one attached hydrogen (secondary N) is 2. The number of nitrogens with zero attached hydrogens (tertiary/aromatic N) is 1. The van der Waals surface area contributed by atoms with Gasteiger partial charge >= 0.3 is 0 Å². The molecule has 0 radical (unpaired) electrons. The summed E-state index contributed by atoms with van der Waals surface area (Å²) >= 11 is 0. The Hall–Kier alpha value is -2.06. The van der Waals surface area contributed by atoms with Crippen molar-refractivity contribution in [3.63, 3.8) is 0 Å². The number of hydrogen-bond acceptors (Lipinski definition) is 4. The van der Waals surface area contributed by atoms with Crippen LogP contribution in [0.25, 0.3) is 0 Å². The van der Waals surface area contributed by atoms with E-state index in [1.807, 2.05) is 0 Å². The lowest BCUT2D eigenvalue weighted by molar-refractivity contribution is -0.0924. The van der Waals surface area contributed by atoms with Crippen LogP contribution in [0.4, 0.5) is 5.82 Å². The van der Waals surface area contributed by atoms with Crippen LogP contribution in [-0.2, 0) is 4.74 Å². The molecule has 2 N–H and O–H groups in total. The minimum atomic E-state index is -0.212. The average Bonchev–Trinajstić information content (AvgIpc) is 2.41. The molecule has 0 spiro atoms. The average molecular weight is 259 g/mol. The predicted molar refractivity (Wildman–Crippen MR) is 72.8 cm³/mol. The first-order chi connectivity index (χ1) is 9.13. The first-order valence-corrected chi connectivity index (χ1v) is 6.12. The number of carbonyl (C=O) groups is 1. The quantitative estimate of drug-likeness (QED) is 0.771. The second-order valence-electron chi connectivity index (χ2n) is 4.98. The van der Waals surface area contributed by atoms with Gasteiger partial charge in [-0.2, -0.15) is 0 Å². The lowest BCUT2D eigenvalue weighted by atomic mass is 9.89. The fourth-order valence-electron chi connectivity index (χ4n) is 1.72. The van der Waals surface area contributed by atoms with Gasteiger partial charge in [0.25, 0.3) is 5.91 Å². The molecule has 1 aliphatic heterocycles. The van der Waals surface area contributed by atoms with Crippen LogP contribution in [0.5, 0.6) is 0 Å². The molecule has 1 aliphatic rings. The van der Waals surface area contributed by atoms with Crippen LogP contribution in [0, 0.1) is 17.8 Å². The maximum absolute atomic E-state index is 11.6. The maximum Gasteiger partial charge on any atom is 0.253 e. The number of hydrogen-bond donors (Lipinski definition) is 2. The summed E-state index contributed by atoms with van der Waals surface area (Å²) in [5.41, 5.74) is 0.684. The number of rotatable bonds is 5. The maximum atomic E-state index is 11.6. The zero-order valence-electron chi connectivity index (χ0n) is 10.9. The van der Waals surface area contributed by atoms with E-state index in [-0.39, 0.29) is 17.9 Å². The molecule has 0 unspecified atom stereocenters. The van der Waals surface area contributed by atoms with Crippen LogP contribution in [-0.4, -0.2) is 37.2 Å². The van der Waals surface area contributed by atoms with Gasteiger partial charge in [0, 0.05) is 18.2 Å². The topological polar surface area (TPSA) is 63.2 Å². The Morgan fingerprint density at radius 1 is 1.58 bits per heavy atom.